The van der Waals surface area contributed by atoms with Gasteiger partial charge in [0.2, 0.25) is 0 Å². The summed E-state index contributed by atoms with van der Waals surface area (Å²) in [7, 11) is 1.53. The van der Waals surface area contributed by atoms with E-state index in [1.807, 2.05) is 25.1 Å². The number of pyridine rings is 1. The number of nitrogens with zero attached hydrogens (tertiary/aromatic N) is 3. The molecule has 2 aromatic heterocycles. The number of rotatable bonds is 7. The normalized spacial score (nSPS) is 18.0. The summed E-state index contributed by atoms with van der Waals surface area (Å²) in [4.78, 5) is 31.9. The summed E-state index contributed by atoms with van der Waals surface area (Å²) < 4.78 is 12.4. The summed E-state index contributed by atoms with van der Waals surface area (Å²) in [6, 6.07) is 11.9. The van der Waals surface area contributed by atoms with E-state index in [1.54, 1.807) is 41.8 Å². The van der Waals surface area contributed by atoms with E-state index in [0.717, 1.165) is 0 Å². The van der Waals surface area contributed by atoms with Gasteiger partial charge >= 0.3 is 0 Å². The van der Waals surface area contributed by atoms with E-state index in [-0.39, 0.29) is 24.5 Å². The predicted octanol–water partition coefficient (Wildman–Crippen LogP) is 3.11. The number of aromatic nitrogens is 2. The molecule has 0 bridgehead atoms. The van der Waals surface area contributed by atoms with Crippen molar-refractivity contribution < 1.29 is 24.2 Å². The molecule has 1 unspecified atom stereocenters. The highest BCUT2D eigenvalue weighted by Gasteiger charge is 2.46. The summed E-state index contributed by atoms with van der Waals surface area (Å²) in [6.07, 6.45) is 1.76. The van der Waals surface area contributed by atoms with Gasteiger partial charge in [0.15, 0.2) is 5.76 Å². The quantitative estimate of drug-likeness (QED) is 0.348. The van der Waals surface area contributed by atoms with Gasteiger partial charge in [0.05, 0.1) is 30.5 Å². The third kappa shape index (κ3) is 3.62. The van der Waals surface area contributed by atoms with Crippen LogP contribution in [0.4, 0.5) is 0 Å². The molecule has 0 radical (unpaired) electrons. The highest BCUT2D eigenvalue weighted by Crippen LogP contribution is 2.40. The van der Waals surface area contributed by atoms with Crippen LogP contribution < -0.4 is 4.74 Å². The van der Waals surface area contributed by atoms with E-state index >= 15 is 0 Å². The minimum absolute atomic E-state index is 0.0315. The van der Waals surface area contributed by atoms with Crippen LogP contribution in [0, 0.1) is 6.92 Å². The molecule has 1 aliphatic heterocycles. The summed E-state index contributed by atoms with van der Waals surface area (Å²) in [5.41, 5.74) is 2.31. The second-order valence-electron chi connectivity index (χ2n) is 7.46. The molecule has 1 atom stereocenters. The number of imidazole rings is 1. The van der Waals surface area contributed by atoms with Gasteiger partial charge < -0.3 is 19.5 Å². The Morgan fingerprint density at radius 2 is 1.91 bits per heavy atom. The maximum Gasteiger partial charge on any atom is 0.295 e. The number of aliphatic hydroxyl groups excluding tert-OH is 1. The number of methoxy groups -OCH3 is 1. The van der Waals surface area contributed by atoms with Crippen molar-refractivity contribution in [2.75, 3.05) is 26.9 Å². The SMILES string of the molecule is CCOc1ccc(C2C(=C(O)c3c(C)nc4ccccn34)C(=O)C(=O)N2CCOC)cc1. The minimum Gasteiger partial charge on any atom is -0.505 e. The number of hydrogen-bond acceptors (Lipinski definition) is 6. The van der Waals surface area contributed by atoms with Crippen LogP contribution in [0.25, 0.3) is 11.4 Å². The number of carbonyl (C=O) groups excluding carboxylic acids is 2. The van der Waals surface area contributed by atoms with Crippen LogP contribution in [0.15, 0.2) is 54.2 Å². The lowest BCUT2D eigenvalue weighted by atomic mass is 9.96. The number of hydrogen-bond donors (Lipinski definition) is 1. The van der Waals surface area contributed by atoms with Gasteiger partial charge in [-0.2, -0.15) is 0 Å². The Balaban J connectivity index is 1.89. The highest BCUT2D eigenvalue weighted by atomic mass is 16.5. The molecule has 8 nitrogen and oxygen atoms in total. The van der Waals surface area contributed by atoms with Crippen molar-refractivity contribution in [1.82, 2.24) is 14.3 Å². The molecule has 1 N–H and O–H groups in total. The minimum atomic E-state index is -0.755. The Hall–Kier alpha value is -3.65. The third-order valence-corrected chi connectivity index (χ3v) is 5.51. The van der Waals surface area contributed by atoms with Crippen LogP contribution >= 0.6 is 0 Å². The molecule has 1 saturated heterocycles. The molecule has 1 fully saturated rings. The lowest BCUT2D eigenvalue weighted by Gasteiger charge is -2.25. The van der Waals surface area contributed by atoms with Gasteiger partial charge in [0.25, 0.3) is 11.7 Å². The average molecular weight is 435 g/mol. The molecule has 32 heavy (non-hydrogen) atoms. The molecular formula is C24H25N3O5. The van der Waals surface area contributed by atoms with Crippen molar-refractivity contribution in [3.05, 3.63) is 71.2 Å². The molecule has 1 aromatic carbocycles. The van der Waals surface area contributed by atoms with E-state index in [9.17, 15) is 14.7 Å². The van der Waals surface area contributed by atoms with Gasteiger partial charge in [-0.05, 0) is 43.7 Å². The lowest BCUT2D eigenvalue weighted by Crippen LogP contribution is -2.32. The first-order valence-corrected chi connectivity index (χ1v) is 10.4. The van der Waals surface area contributed by atoms with Crippen molar-refractivity contribution in [3.63, 3.8) is 0 Å². The second kappa shape index (κ2) is 8.84. The summed E-state index contributed by atoms with van der Waals surface area (Å²) >= 11 is 0. The Morgan fingerprint density at radius 3 is 2.59 bits per heavy atom. The van der Waals surface area contributed by atoms with E-state index in [2.05, 4.69) is 4.98 Å². The smallest absolute Gasteiger partial charge is 0.295 e. The largest absolute Gasteiger partial charge is 0.505 e. The third-order valence-electron chi connectivity index (χ3n) is 5.51. The van der Waals surface area contributed by atoms with Gasteiger partial charge in [0, 0.05) is 19.9 Å². The molecular weight excluding hydrogens is 410 g/mol. The molecule has 0 aliphatic carbocycles. The number of fused-ring (bicyclic) bond motifs is 1. The number of ketones is 1. The van der Waals surface area contributed by atoms with E-state index in [0.29, 0.717) is 35.0 Å². The maximum absolute atomic E-state index is 13.1. The number of aliphatic hydroxyl groups is 1. The number of benzene rings is 1. The summed E-state index contributed by atoms with van der Waals surface area (Å²) in [5, 5.41) is 11.4. The summed E-state index contributed by atoms with van der Waals surface area (Å²) in [6.45, 7) is 4.65. The molecule has 1 amide bonds. The van der Waals surface area contributed by atoms with Crippen LogP contribution in [0.5, 0.6) is 5.75 Å². The molecule has 0 spiro atoms. The van der Waals surface area contributed by atoms with Crippen molar-refractivity contribution in [1.29, 1.82) is 0 Å². The van der Waals surface area contributed by atoms with E-state index < -0.39 is 17.7 Å². The zero-order valence-electron chi connectivity index (χ0n) is 18.2. The zero-order chi connectivity index (χ0) is 22.8. The van der Waals surface area contributed by atoms with Crippen LogP contribution in [0.2, 0.25) is 0 Å². The molecule has 8 heteroatoms. The van der Waals surface area contributed by atoms with Crippen LogP contribution in [0.1, 0.15) is 29.9 Å². The van der Waals surface area contributed by atoms with Crippen molar-refractivity contribution in [2.45, 2.75) is 19.9 Å². The Labute approximate surface area is 185 Å². The zero-order valence-corrected chi connectivity index (χ0v) is 18.2. The Kier molecular flexibility index (Phi) is 5.96. The monoisotopic (exact) mass is 435 g/mol. The standard InChI is InChI=1S/C24H25N3O5/c1-4-32-17-10-8-16(9-11-17)21-19(23(29)24(30)27(21)13-14-31-3)22(28)20-15(2)25-18-7-5-6-12-26(18)20/h5-12,21,28H,4,13-14H2,1-3H3. The average Bonchev–Trinajstić information content (AvgIpc) is 3.26. The molecule has 166 valence electrons. The number of Topliss-reactive ketones (excluding diaryl/α,β-unsaturated/α-hetero) is 1. The Morgan fingerprint density at radius 1 is 1.16 bits per heavy atom. The molecule has 4 rings (SSSR count). The topological polar surface area (TPSA) is 93.4 Å². The first kappa shape index (κ1) is 21.6. The highest BCUT2D eigenvalue weighted by molar-refractivity contribution is 6.46. The van der Waals surface area contributed by atoms with Crippen molar-refractivity contribution in [2.24, 2.45) is 0 Å². The van der Waals surface area contributed by atoms with Gasteiger partial charge in [-0.3, -0.25) is 14.0 Å². The van der Waals surface area contributed by atoms with Gasteiger partial charge in [-0.15, -0.1) is 0 Å². The predicted molar refractivity (Wildman–Crippen MR) is 118 cm³/mol. The molecule has 3 aromatic rings. The first-order valence-electron chi connectivity index (χ1n) is 10.4. The fraction of sp³-hybridized carbons (Fsp3) is 0.292. The number of carbonyl (C=O) groups is 2. The lowest BCUT2D eigenvalue weighted by molar-refractivity contribution is -0.140. The maximum atomic E-state index is 13.1. The molecule has 0 saturated carbocycles. The first-order chi connectivity index (χ1) is 15.5. The second-order valence-corrected chi connectivity index (χ2v) is 7.46. The van der Waals surface area contributed by atoms with E-state index in [4.69, 9.17) is 9.47 Å². The van der Waals surface area contributed by atoms with E-state index in [1.165, 1.54) is 12.0 Å². The number of ether oxygens (including phenoxy) is 2. The number of aryl methyl sites for hydroxylation is 1. The molecule has 1 aliphatic rings. The van der Waals surface area contributed by atoms with Crippen LogP contribution in [0.3, 0.4) is 0 Å². The fourth-order valence-corrected chi connectivity index (χ4v) is 4.09. The van der Waals surface area contributed by atoms with Gasteiger partial charge in [-0.25, -0.2) is 4.98 Å². The summed E-state index contributed by atoms with van der Waals surface area (Å²) in [5.74, 6) is -0.974. The van der Waals surface area contributed by atoms with Gasteiger partial charge in [-0.1, -0.05) is 18.2 Å². The van der Waals surface area contributed by atoms with Crippen molar-refractivity contribution in [3.8, 4) is 5.75 Å². The molecule has 3 heterocycles. The van der Waals surface area contributed by atoms with Crippen molar-refractivity contribution >= 4 is 23.1 Å². The number of likely N-dealkylation sites (tertiary alicyclic amines) is 1. The van der Waals surface area contributed by atoms with Crippen LogP contribution in [-0.2, 0) is 14.3 Å². The Bertz CT molecular complexity index is 1200. The van der Waals surface area contributed by atoms with Gasteiger partial charge in [0.1, 0.15) is 17.1 Å². The number of amides is 1. The fourth-order valence-electron chi connectivity index (χ4n) is 4.09. The van der Waals surface area contributed by atoms with Crippen LogP contribution in [-0.4, -0.2) is 57.9 Å².